The number of thiazole rings is 1. The Bertz CT molecular complexity index is 1280. The van der Waals surface area contributed by atoms with Crippen LogP contribution in [0.5, 0.6) is 0 Å². The van der Waals surface area contributed by atoms with Crippen molar-refractivity contribution in [3.8, 4) is 21.7 Å². The van der Waals surface area contributed by atoms with Crippen LogP contribution < -0.4 is 10.2 Å². The topological polar surface area (TPSA) is 64.9 Å². The first-order chi connectivity index (χ1) is 16.6. The second kappa shape index (κ2) is 9.73. The fourth-order valence-electron chi connectivity index (χ4n) is 4.11. The number of benzene rings is 2. The minimum atomic E-state index is -0.263. The Labute approximate surface area is 202 Å². The van der Waals surface area contributed by atoms with E-state index in [1.54, 1.807) is 23.5 Å². The second-order valence-corrected chi connectivity index (χ2v) is 9.46. The van der Waals surface area contributed by atoms with Crippen LogP contribution in [0.15, 0.2) is 72.9 Å². The van der Waals surface area contributed by atoms with E-state index in [0.717, 1.165) is 64.3 Å². The summed E-state index contributed by atoms with van der Waals surface area (Å²) in [5.41, 5.74) is 4.73. The molecule has 3 heterocycles. The van der Waals surface area contributed by atoms with Crippen LogP contribution in [-0.4, -0.2) is 28.8 Å². The zero-order valence-electron chi connectivity index (χ0n) is 19.0. The van der Waals surface area contributed by atoms with Crippen LogP contribution in [0.1, 0.15) is 31.4 Å². The second-order valence-electron chi connectivity index (χ2n) is 8.48. The van der Waals surface area contributed by atoms with Gasteiger partial charge in [0.15, 0.2) is 5.13 Å². The molecule has 0 saturated carbocycles. The number of pyridine rings is 1. The van der Waals surface area contributed by atoms with Gasteiger partial charge >= 0.3 is 0 Å². The van der Waals surface area contributed by atoms with Gasteiger partial charge in [0.2, 0.25) is 0 Å². The van der Waals surface area contributed by atoms with Gasteiger partial charge in [-0.2, -0.15) is 0 Å². The van der Waals surface area contributed by atoms with Crippen molar-refractivity contribution in [1.82, 2.24) is 9.97 Å². The highest BCUT2D eigenvalue weighted by atomic mass is 32.1. The van der Waals surface area contributed by atoms with Gasteiger partial charge in [-0.1, -0.05) is 41.7 Å². The summed E-state index contributed by atoms with van der Waals surface area (Å²) in [4.78, 5) is 12.8. The molecule has 4 aromatic rings. The lowest BCUT2D eigenvalue weighted by atomic mass is 10.1. The summed E-state index contributed by atoms with van der Waals surface area (Å²) in [7, 11) is 0. The molecule has 0 spiro atoms. The highest BCUT2D eigenvalue weighted by molar-refractivity contribution is 7.19. The molecule has 5 nitrogen and oxygen atoms in total. The van der Waals surface area contributed by atoms with Gasteiger partial charge in [0.05, 0.1) is 10.6 Å². The number of anilines is 2. The lowest BCUT2D eigenvalue weighted by molar-refractivity contribution is 0.628. The SMILES string of the molecule is C[C@H](Nc1cc(-c2sc(N3CCC(=N)CC3)nc2-c2ccc(F)cc2)ccn1)c1ccccc1. The molecule has 7 heteroatoms. The van der Waals surface area contributed by atoms with E-state index in [-0.39, 0.29) is 11.9 Å². The standard InChI is InChI=1S/C27H26FN5S/c1-18(19-5-3-2-4-6-19)31-24-17-21(11-14-30-24)26-25(20-7-9-22(28)10-8-20)32-27(34-26)33-15-12-23(29)13-16-33/h2-11,14,17-18,29H,12-13,15-16H2,1H3,(H,30,31)/t18-/m0/s1. The molecule has 172 valence electrons. The van der Waals surface area contributed by atoms with Gasteiger partial charge in [0.25, 0.3) is 0 Å². The van der Waals surface area contributed by atoms with Gasteiger partial charge in [-0.25, -0.2) is 14.4 Å². The van der Waals surface area contributed by atoms with E-state index in [1.165, 1.54) is 17.7 Å². The molecule has 1 atom stereocenters. The minimum absolute atomic E-state index is 0.112. The number of rotatable bonds is 6. The van der Waals surface area contributed by atoms with Crippen LogP contribution in [0.25, 0.3) is 21.7 Å². The lowest BCUT2D eigenvalue weighted by Crippen LogP contribution is -2.33. The zero-order valence-corrected chi connectivity index (χ0v) is 19.8. The Morgan fingerprint density at radius 2 is 1.74 bits per heavy atom. The first-order valence-corrected chi connectivity index (χ1v) is 12.2. The number of aromatic nitrogens is 2. The third-order valence-corrected chi connectivity index (χ3v) is 7.22. The summed E-state index contributed by atoms with van der Waals surface area (Å²) >= 11 is 1.64. The highest BCUT2D eigenvalue weighted by Gasteiger charge is 2.22. The average Bonchev–Trinajstić information content (AvgIpc) is 3.31. The Balaban J connectivity index is 1.50. The molecule has 5 rings (SSSR count). The number of hydrogen-bond donors (Lipinski definition) is 2. The molecular weight excluding hydrogens is 445 g/mol. The molecule has 1 saturated heterocycles. The Hall–Kier alpha value is -3.58. The maximum absolute atomic E-state index is 13.6. The Morgan fingerprint density at radius 1 is 1.00 bits per heavy atom. The van der Waals surface area contributed by atoms with Crippen molar-refractivity contribution in [2.24, 2.45) is 0 Å². The minimum Gasteiger partial charge on any atom is -0.364 e. The summed E-state index contributed by atoms with van der Waals surface area (Å²) in [6.45, 7) is 3.71. The first-order valence-electron chi connectivity index (χ1n) is 11.4. The van der Waals surface area contributed by atoms with Crippen LogP contribution >= 0.6 is 11.3 Å². The van der Waals surface area contributed by atoms with Gasteiger partial charge in [-0.3, -0.25) is 0 Å². The van der Waals surface area contributed by atoms with E-state index < -0.39 is 0 Å². The maximum atomic E-state index is 13.6. The molecule has 0 bridgehead atoms. The molecule has 2 aromatic heterocycles. The fraction of sp³-hybridized carbons (Fsp3) is 0.222. The highest BCUT2D eigenvalue weighted by Crippen LogP contribution is 2.41. The quantitative estimate of drug-likeness (QED) is 0.324. The predicted octanol–water partition coefficient (Wildman–Crippen LogP) is 6.80. The molecule has 0 amide bonds. The van der Waals surface area contributed by atoms with E-state index in [2.05, 4.69) is 40.3 Å². The summed E-state index contributed by atoms with van der Waals surface area (Å²) in [5, 5.41) is 12.4. The van der Waals surface area contributed by atoms with Crippen molar-refractivity contribution in [2.75, 3.05) is 23.3 Å². The smallest absolute Gasteiger partial charge is 0.186 e. The third kappa shape index (κ3) is 4.84. The van der Waals surface area contributed by atoms with Crippen LogP contribution in [0.2, 0.25) is 0 Å². The van der Waals surface area contributed by atoms with E-state index in [1.807, 2.05) is 30.5 Å². The van der Waals surface area contributed by atoms with Crippen molar-refractivity contribution in [3.63, 3.8) is 0 Å². The van der Waals surface area contributed by atoms with Crippen LogP contribution in [0.4, 0.5) is 15.3 Å². The number of piperidine rings is 1. The summed E-state index contributed by atoms with van der Waals surface area (Å²) < 4.78 is 13.6. The van der Waals surface area contributed by atoms with Crippen LogP contribution in [-0.2, 0) is 0 Å². The normalized spacial score (nSPS) is 14.8. The average molecular weight is 472 g/mol. The van der Waals surface area contributed by atoms with E-state index in [0.29, 0.717) is 0 Å². The largest absolute Gasteiger partial charge is 0.364 e. The van der Waals surface area contributed by atoms with Crippen molar-refractivity contribution in [1.29, 1.82) is 5.41 Å². The molecule has 0 radical (unpaired) electrons. The third-order valence-electron chi connectivity index (χ3n) is 6.06. The fourth-order valence-corrected chi connectivity index (χ4v) is 5.24. The van der Waals surface area contributed by atoms with Crippen LogP contribution in [0.3, 0.4) is 0 Å². The molecule has 2 N–H and O–H groups in total. The molecule has 1 aliphatic heterocycles. The number of nitrogens with one attached hydrogen (secondary N) is 2. The van der Waals surface area contributed by atoms with E-state index in [9.17, 15) is 4.39 Å². The van der Waals surface area contributed by atoms with Gasteiger partial charge < -0.3 is 15.6 Å². The Morgan fingerprint density at radius 3 is 2.47 bits per heavy atom. The molecule has 0 unspecified atom stereocenters. The molecule has 1 fully saturated rings. The maximum Gasteiger partial charge on any atom is 0.186 e. The van der Waals surface area contributed by atoms with Gasteiger partial charge in [-0.05, 0) is 54.4 Å². The molecule has 34 heavy (non-hydrogen) atoms. The van der Waals surface area contributed by atoms with Gasteiger partial charge in [0.1, 0.15) is 11.6 Å². The Kier molecular flexibility index (Phi) is 6.36. The summed E-state index contributed by atoms with van der Waals surface area (Å²) in [6.07, 6.45) is 3.34. The zero-order chi connectivity index (χ0) is 23.5. The van der Waals surface area contributed by atoms with E-state index >= 15 is 0 Å². The van der Waals surface area contributed by atoms with Crippen molar-refractivity contribution >= 4 is 28.0 Å². The van der Waals surface area contributed by atoms with Crippen molar-refractivity contribution in [2.45, 2.75) is 25.8 Å². The van der Waals surface area contributed by atoms with Crippen molar-refractivity contribution in [3.05, 3.63) is 84.3 Å². The lowest BCUT2D eigenvalue weighted by Gasteiger charge is -2.26. The van der Waals surface area contributed by atoms with Crippen molar-refractivity contribution < 1.29 is 4.39 Å². The molecular formula is C27H26FN5S. The predicted molar refractivity (Wildman–Crippen MR) is 138 cm³/mol. The molecule has 0 aliphatic carbocycles. The van der Waals surface area contributed by atoms with Gasteiger partial charge in [0, 0.05) is 49.4 Å². The number of halogens is 1. The number of hydrogen-bond acceptors (Lipinski definition) is 6. The monoisotopic (exact) mass is 471 g/mol. The van der Waals surface area contributed by atoms with E-state index in [4.69, 9.17) is 10.4 Å². The first kappa shape index (κ1) is 22.2. The summed E-state index contributed by atoms with van der Waals surface area (Å²) in [5.74, 6) is 0.529. The summed E-state index contributed by atoms with van der Waals surface area (Å²) in [6, 6.07) is 20.9. The van der Waals surface area contributed by atoms with Crippen LogP contribution in [0, 0.1) is 11.2 Å². The molecule has 1 aliphatic rings. The molecule has 2 aromatic carbocycles. The number of nitrogens with zero attached hydrogens (tertiary/aromatic N) is 3. The van der Waals surface area contributed by atoms with Gasteiger partial charge in [-0.15, -0.1) is 0 Å².